The van der Waals surface area contributed by atoms with E-state index >= 15 is 0 Å². The molecule has 0 N–H and O–H groups in total. The smallest absolute Gasteiger partial charge is 0.206 e. The van der Waals surface area contributed by atoms with E-state index in [9.17, 15) is 9.60 Å². The van der Waals surface area contributed by atoms with Crippen molar-refractivity contribution in [1.82, 2.24) is 0 Å². The predicted octanol–water partition coefficient (Wildman–Crippen LogP) is 4.52. The SMILES string of the molecule is CC(F)(/C=[N+](\[O-])Cc1ccccc1)CO[Si](C)(C)C(C)(C)C. The van der Waals surface area contributed by atoms with Crippen molar-refractivity contribution < 1.29 is 13.6 Å². The number of rotatable bonds is 6. The second kappa shape index (κ2) is 6.92. The monoisotopic (exact) mass is 325 g/mol. The molecule has 0 aromatic heterocycles. The van der Waals surface area contributed by atoms with Gasteiger partial charge in [0.15, 0.2) is 21.1 Å². The lowest BCUT2D eigenvalue weighted by atomic mass is 10.2. The standard InChI is InChI=1S/C17H28FNO2Si/c1-16(2,3)22(5,6)21-14-17(4,18)13-19(20)12-15-10-8-7-9-11-15/h7-11,13H,12,14H2,1-6H3/b19-13-. The van der Waals surface area contributed by atoms with Gasteiger partial charge < -0.3 is 9.63 Å². The molecule has 0 radical (unpaired) electrons. The maximum atomic E-state index is 14.6. The summed E-state index contributed by atoms with van der Waals surface area (Å²) in [5, 5.41) is 11.9. The van der Waals surface area contributed by atoms with E-state index in [2.05, 4.69) is 33.9 Å². The van der Waals surface area contributed by atoms with Gasteiger partial charge in [-0.3, -0.25) is 0 Å². The Morgan fingerprint density at radius 2 is 1.73 bits per heavy atom. The largest absolute Gasteiger partial charge is 0.624 e. The number of hydrogen-bond donors (Lipinski definition) is 0. The molecule has 1 atom stereocenters. The van der Waals surface area contributed by atoms with Crippen molar-refractivity contribution in [3.63, 3.8) is 0 Å². The van der Waals surface area contributed by atoms with Gasteiger partial charge >= 0.3 is 0 Å². The maximum absolute atomic E-state index is 14.6. The van der Waals surface area contributed by atoms with Crippen molar-refractivity contribution in [2.24, 2.45) is 0 Å². The van der Waals surface area contributed by atoms with E-state index in [1.807, 2.05) is 30.3 Å². The highest BCUT2D eigenvalue weighted by atomic mass is 28.4. The molecule has 5 heteroatoms. The van der Waals surface area contributed by atoms with Gasteiger partial charge in [-0.15, -0.1) is 0 Å². The van der Waals surface area contributed by atoms with E-state index in [-0.39, 0.29) is 18.2 Å². The summed E-state index contributed by atoms with van der Waals surface area (Å²) in [4.78, 5) is 0. The highest BCUT2D eigenvalue weighted by Crippen LogP contribution is 2.37. The highest BCUT2D eigenvalue weighted by molar-refractivity contribution is 6.74. The Morgan fingerprint density at radius 1 is 1.18 bits per heavy atom. The van der Waals surface area contributed by atoms with Crippen molar-refractivity contribution in [2.75, 3.05) is 6.61 Å². The summed E-state index contributed by atoms with van der Waals surface area (Å²) in [6, 6.07) is 9.30. The molecule has 1 aromatic carbocycles. The van der Waals surface area contributed by atoms with Gasteiger partial charge in [0.05, 0.1) is 6.61 Å². The first-order valence-electron chi connectivity index (χ1n) is 7.60. The van der Waals surface area contributed by atoms with Gasteiger partial charge in [0, 0.05) is 5.56 Å². The molecular formula is C17H28FNO2Si. The van der Waals surface area contributed by atoms with Gasteiger partial charge in [-0.1, -0.05) is 51.1 Å². The highest BCUT2D eigenvalue weighted by Gasteiger charge is 2.39. The summed E-state index contributed by atoms with van der Waals surface area (Å²) in [7, 11) is -2.02. The first kappa shape index (κ1) is 18.8. The first-order chi connectivity index (χ1) is 9.93. The van der Waals surface area contributed by atoms with Gasteiger partial charge in [0.2, 0.25) is 5.67 Å². The van der Waals surface area contributed by atoms with Gasteiger partial charge in [0.25, 0.3) is 0 Å². The zero-order valence-corrected chi connectivity index (χ0v) is 15.5. The lowest BCUT2D eigenvalue weighted by Crippen LogP contribution is -2.45. The maximum Gasteiger partial charge on any atom is 0.206 e. The second-order valence-corrected chi connectivity index (χ2v) is 12.3. The van der Waals surface area contributed by atoms with Crippen molar-refractivity contribution in [3.05, 3.63) is 41.1 Å². The van der Waals surface area contributed by atoms with Crippen LogP contribution in [-0.4, -0.2) is 31.5 Å². The van der Waals surface area contributed by atoms with Crippen LogP contribution in [0, 0.1) is 5.21 Å². The fourth-order valence-corrected chi connectivity index (χ4v) is 2.76. The van der Waals surface area contributed by atoms with Crippen molar-refractivity contribution >= 4 is 14.5 Å². The van der Waals surface area contributed by atoms with Crippen molar-refractivity contribution in [3.8, 4) is 0 Å². The Labute approximate surface area is 134 Å². The molecule has 0 aliphatic heterocycles. The van der Waals surface area contributed by atoms with E-state index in [4.69, 9.17) is 4.43 Å². The summed E-state index contributed by atoms with van der Waals surface area (Å²) < 4.78 is 21.1. The van der Waals surface area contributed by atoms with Crippen LogP contribution in [-0.2, 0) is 11.0 Å². The summed E-state index contributed by atoms with van der Waals surface area (Å²) >= 11 is 0. The van der Waals surface area contributed by atoms with Crippen LogP contribution in [0.2, 0.25) is 18.1 Å². The van der Waals surface area contributed by atoms with Gasteiger partial charge in [0.1, 0.15) is 0 Å². The average Bonchev–Trinajstić information content (AvgIpc) is 2.36. The summed E-state index contributed by atoms with van der Waals surface area (Å²) in [5.41, 5.74) is -0.915. The third-order valence-electron chi connectivity index (χ3n) is 4.12. The Hall–Kier alpha value is -1.20. The molecule has 22 heavy (non-hydrogen) atoms. The molecule has 0 saturated carbocycles. The Bertz CT molecular complexity index is 507. The van der Waals surface area contributed by atoms with Crippen molar-refractivity contribution in [2.45, 2.75) is 58.0 Å². The topological polar surface area (TPSA) is 35.3 Å². The number of halogens is 1. The number of hydroxylamine groups is 1. The lowest BCUT2D eigenvalue weighted by Gasteiger charge is -2.37. The third-order valence-corrected chi connectivity index (χ3v) is 8.59. The fourth-order valence-electron chi connectivity index (χ4n) is 1.68. The molecule has 0 aliphatic carbocycles. The minimum Gasteiger partial charge on any atom is -0.624 e. The van der Waals surface area contributed by atoms with E-state index in [0.717, 1.165) is 11.8 Å². The quantitative estimate of drug-likeness (QED) is 0.253. The molecule has 1 unspecified atom stereocenters. The van der Waals surface area contributed by atoms with Crippen LogP contribution in [0.25, 0.3) is 0 Å². The van der Waals surface area contributed by atoms with Gasteiger partial charge in [-0.2, -0.15) is 0 Å². The van der Waals surface area contributed by atoms with Crippen LogP contribution >= 0.6 is 0 Å². The van der Waals surface area contributed by atoms with E-state index in [1.54, 1.807) is 0 Å². The lowest BCUT2D eigenvalue weighted by molar-refractivity contribution is -0.473. The normalized spacial score (nSPS) is 16.4. The Balaban J connectivity index is 2.68. The molecule has 1 rings (SSSR count). The van der Waals surface area contributed by atoms with E-state index < -0.39 is 14.0 Å². The summed E-state index contributed by atoms with van der Waals surface area (Å²) in [6.07, 6.45) is 1.08. The zero-order valence-electron chi connectivity index (χ0n) is 14.5. The van der Waals surface area contributed by atoms with E-state index in [1.165, 1.54) is 6.92 Å². The minimum absolute atomic E-state index is 0.0181. The molecule has 0 amide bonds. The summed E-state index contributed by atoms with van der Waals surface area (Å²) in [6.45, 7) is 11.9. The van der Waals surface area contributed by atoms with Crippen LogP contribution in [0.4, 0.5) is 4.39 Å². The van der Waals surface area contributed by atoms with Crippen LogP contribution in [0.3, 0.4) is 0 Å². The van der Waals surface area contributed by atoms with Crippen LogP contribution in [0.1, 0.15) is 33.3 Å². The van der Waals surface area contributed by atoms with Crippen LogP contribution < -0.4 is 0 Å². The molecule has 1 aromatic rings. The second-order valence-electron chi connectivity index (χ2n) is 7.52. The number of hydrogen-bond acceptors (Lipinski definition) is 2. The zero-order chi connectivity index (χ0) is 17.0. The number of alkyl halides is 1. The third kappa shape index (κ3) is 5.89. The molecule has 0 aliphatic rings. The average molecular weight is 326 g/mol. The van der Waals surface area contributed by atoms with E-state index in [0.29, 0.717) is 4.74 Å². The molecule has 0 saturated heterocycles. The summed E-state index contributed by atoms with van der Waals surface area (Å²) in [5.74, 6) is 0. The Morgan fingerprint density at radius 3 is 2.23 bits per heavy atom. The molecular weight excluding hydrogens is 297 g/mol. The molecule has 0 bridgehead atoms. The van der Waals surface area contributed by atoms with Crippen molar-refractivity contribution in [1.29, 1.82) is 0 Å². The molecule has 0 heterocycles. The first-order valence-corrected chi connectivity index (χ1v) is 10.5. The van der Waals surface area contributed by atoms with Crippen LogP contribution in [0.5, 0.6) is 0 Å². The number of benzene rings is 1. The Kier molecular flexibility index (Phi) is 5.93. The molecule has 124 valence electrons. The minimum atomic E-state index is -2.02. The molecule has 0 fully saturated rings. The van der Waals surface area contributed by atoms with Gasteiger partial charge in [-0.05, 0) is 25.1 Å². The number of nitrogens with zero attached hydrogens (tertiary/aromatic N) is 1. The predicted molar refractivity (Wildman–Crippen MR) is 92.5 cm³/mol. The van der Waals surface area contributed by atoms with Gasteiger partial charge in [-0.25, -0.2) is 9.13 Å². The van der Waals surface area contributed by atoms with Crippen LogP contribution in [0.15, 0.2) is 30.3 Å². The fraction of sp³-hybridized carbons (Fsp3) is 0.588. The molecule has 0 spiro atoms. The molecule has 3 nitrogen and oxygen atoms in total.